The summed E-state index contributed by atoms with van der Waals surface area (Å²) in [6.45, 7) is 0. The fourth-order valence-corrected chi connectivity index (χ4v) is 4.01. The third-order valence-corrected chi connectivity index (χ3v) is 5.32. The zero-order valence-corrected chi connectivity index (χ0v) is 9.81. The summed E-state index contributed by atoms with van der Waals surface area (Å²) in [5, 5.41) is 18.4. The van der Waals surface area contributed by atoms with Gasteiger partial charge in [-0.25, -0.2) is 0 Å². The van der Waals surface area contributed by atoms with E-state index in [1.165, 1.54) is 0 Å². The molecule has 0 heterocycles. The van der Waals surface area contributed by atoms with Crippen molar-refractivity contribution in [2.45, 2.75) is 49.6 Å². The minimum absolute atomic E-state index is 0. The number of rotatable bonds is 1. The molecule has 2 rings (SSSR count). The van der Waals surface area contributed by atoms with Gasteiger partial charge < -0.3 is 10.2 Å². The van der Waals surface area contributed by atoms with Crippen LogP contribution < -0.4 is 0 Å². The van der Waals surface area contributed by atoms with Crippen molar-refractivity contribution >= 4 is 39.7 Å². The van der Waals surface area contributed by atoms with Gasteiger partial charge in [0.05, 0.1) is 17.5 Å². The van der Waals surface area contributed by atoms with Crippen LogP contribution in [0.15, 0.2) is 0 Å². The zero-order chi connectivity index (χ0) is 11.9. The molecule has 0 saturated heterocycles. The molecule has 0 amide bonds. The Kier molecular flexibility index (Phi) is 5.47. The monoisotopic (exact) mass is 274 g/mol. The van der Waals surface area contributed by atoms with Crippen LogP contribution in [0, 0.1) is 11.8 Å². The second-order valence-electron chi connectivity index (χ2n) is 5.08. The number of aliphatic hydroxyl groups is 2. The summed E-state index contributed by atoms with van der Waals surface area (Å²) >= 11 is 0. The van der Waals surface area contributed by atoms with Gasteiger partial charge in [-0.1, -0.05) is 0 Å². The van der Waals surface area contributed by atoms with E-state index in [0.29, 0.717) is 32.1 Å². The van der Waals surface area contributed by atoms with Gasteiger partial charge in [0.25, 0.3) is 10.1 Å². The molecular weight excluding hydrogens is 255 g/mol. The molecule has 2 saturated carbocycles. The molecule has 0 radical (unpaired) electrons. The van der Waals surface area contributed by atoms with Crippen LogP contribution >= 0.6 is 0 Å². The van der Waals surface area contributed by atoms with E-state index in [2.05, 4.69) is 0 Å². The van der Waals surface area contributed by atoms with Crippen LogP contribution in [0.25, 0.3) is 0 Å². The summed E-state index contributed by atoms with van der Waals surface area (Å²) in [7, 11) is -3.95. The van der Waals surface area contributed by atoms with E-state index in [4.69, 9.17) is 4.55 Å². The molecule has 3 N–H and O–H groups in total. The second kappa shape index (κ2) is 5.86. The van der Waals surface area contributed by atoms with Crippen LogP contribution in [-0.4, -0.2) is 70.2 Å². The van der Waals surface area contributed by atoms with Gasteiger partial charge in [-0.2, -0.15) is 8.42 Å². The summed E-state index contributed by atoms with van der Waals surface area (Å²) in [6.07, 6.45) is 1.14. The quantitative estimate of drug-likeness (QED) is 0.444. The van der Waals surface area contributed by atoms with E-state index >= 15 is 0 Å². The topological polar surface area (TPSA) is 94.8 Å². The Morgan fingerprint density at radius 1 is 0.882 bits per heavy atom. The number of hydrogen-bond donors (Lipinski definition) is 3. The van der Waals surface area contributed by atoms with Crippen molar-refractivity contribution in [3.63, 3.8) is 0 Å². The van der Waals surface area contributed by atoms with Crippen molar-refractivity contribution in [3.8, 4) is 0 Å². The van der Waals surface area contributed by atoms with Gasteiger partial charge in [-0.3, -0.25) is 4.55 Å². The van der Waals surface area contributed by atoms with Crippen molar-refractivity contribution in [1.82, 2.24) is 0 Å². The predicted molar refractivity (Wildman–Crippen MR) is 64.6 cm³/mol. The molecule has 0 spiro atoms. The van der Waals surface area contributed by atoms with E-state index in [9.17, 15) is 18.6 Å². The summed E-state index contributed by atoms with van der Waals surface area (Å²) < 4.78 is 31.1. The zero-order valence-electron chi connectivity index (χ0n) is 8.99. The number of fused-ring (bicyclic) bond motifs is 1. The first-order valence-electron chi connectivity index (χ1n) is 5.70. The summed E-state index contributed by atoms with van der Waals surface area (Å²) in [5.41, 5.74) is 0. The van der Waals surface area contributed by atoms with Gasteiger partial charge in [-0.15, -0.1) is 0 Å². The van der Waals surface area contributed by atoms with E-state index in [-0.39, 0.29) is 41.4 Å². The molecule has 17 heavy (non-hydrogen) atoms. The third kappa shape index (κ3) is 3.65. The standard InChI is InChI=1S/C10H18O5S.Na.H/c11-9-4-6-1-2-8(16(13,14)15)3-7(6)5-10(9)12;;/h6-12H,1-5H2,(H,13,14,15);;. The molecule has 7 heteroatoms. The van der Waals surface area contributed by atoms with Crippen molar-refractivity contribution in [2.24, 2.45) is 11.8 Å². The number of hydrogen-bond acceptors (Lipinski definition) is 4. The maximum atomic E-state index is 11.1. The van der Waals surface area contributed by atoms with Gasteiger partial charge in [0.15, 0.2) is 0 Å². The van der Waals surface area contributed by atoms with Crippen LogP contribution in [0.4, 0.5) is 0 Å². The van der Waals surface area contributed by atoms with Crippen molar-refractivity contribution in [1.29, 1.82) is 0 Å². The number of aliphatic hydroxyl groups excluding tert-OH is 2. The van der Waals surface area contributed by atoms with Crippen LogP contribution in [0.3, 0.4) is 0 Å². The molecule has 2 fully saturated rings. The summed E-state index contributed by atoms with van der Waals surface area (Å²) in [5.74, 6) is 0.399. The van der Waals surface area contributed by atoms with Gasteiger partial charge in [0, 0.05) is 0 Å². The molecule has 2 aliphatic rings. The summed E-state index contributed by atoms with van der Waals surface area (Å²) in [6, 6.07) is 0. The molecule has 0 aromatic rings. The maximum absolute atomic E-state index is 11.1. The minimum atomic E-state index is -3.95. The van der Waals surface area contributed by atoms with Gasteiger partial charge in [0.2, 0.25) is 0 Å². The fourth-order valence-electron chi connectivity index (χ4n) is 3.09. The molecule has 5 atom stereocenters. The molecule has 0 bridgehead atoms. The Labute approximate surface area is 124 Å². The van der Waals surface area contributed by atoms with E-state index in [1.807, 2.05) is 0 Å². The molecular formula is C10H19NaO5S. The van der Waals surface area contributed by atoms with Crippen LogP contribution in [0.2, 0.25) is 0 Å². The second-order valence-corrected chi connectivity index (χ2v) is 6.77. The van der Waals surface area contributed by atoms with Gasteiger partial charge in [-0.05, 0) is 43.9 Å². The van der Waals surface area contributed by atoms with Gasteiger partial charge >= 0.3 is 29.6 Å². The predicted octanol–water partition coefficient (Wildman–Crippen LogP) is -0.474. The van der Waals surface area contributed by atoms with Gasteiger partial charge in [0.1, 0.15) is 0 Å². The Balaban J connectivity index is 0.00000144. The average molecular weight is 274 g/mol. The Bertz CT molecular complexity index is 358. The fraction of sp³-hybridized carbons (Fsp3) is 1.00. The first kappa shape index (κ1) is 15.9. The average Bonchev–Trinajstić information content (AvgIpc) is 2.17. The molecule has 96 valence electrons. The first-order valence-corrected chi connectivity index (χ1v) is 7.20. The molecule has 5 unspecified atom stereocenters. The molecule has 2 aliphatic carbocycles. The Hall–Kier alpha value is 0.830. The van der Waals surface area contributed by atoms with E-state index < -0.39 is 27.6 Å². The Morgan fingerprint density at radius 2 is 1.41 bits per heavy atom. The molecule has 0 aromatic heterocycles. The van der Waals surface area contributed by atoms with Crippen LogP contribution in [0.1, 0.15) is 32.1 Å². The van der Waals surface area contributed by atoms with Crippen molar-refractivity contribution in [2.75, 3.05) is 0 Å². The van der Waals surface area contributed by atoms with Crippen molar-refractivity contribution < 1.29 is 23.2 Å². The normalized spacial score (nSPS) is 42.4. The van der Waals surface area contributed by atoms with Crippen LogP contribution in [-0.2, 0) is 10.1 Å². The molecule has 0 aromatic carbocycles. The van der Waals surface area contributed by atoms with E-state index in [0.717, 1.165) is 0 Å². The molecule has 5 nitrogen and oxygen atoms in total. The molecule has 0 aliphatic heterocycles. The SMILES string of the molecule is O=S(=O)(O)C1CCC2CC(O)C(O)CC2C1.[NaH]. The van der Waals surface area contributed by atoms with E-state index in [1.54, 1.807) is 0 Å². The summed E-state index contributed by atoms with van der Waals surface area (Å²) in [4.78, 5) is 0. The first-order chi connectivity index (χ1) is 7.38. The van der Waals surface area contributed by atoms with Crippen LogP contribution in [0.5, 0.6) is 0 Å². The Morgan fingerprint density at radius 3 is 1.94 bits per heavy atom. The third-order valence-electron chi connectivity index (χ3n) is 4.05. The van der Waals surface area contributed by atoms with Crippen molar-refractivity contribution in [3.05, 3.63) is 0 Å².